The average Bonchev–Trinajstić information content (AvgIpc) is 2.93. The van der Waals surface area contributed by atoms with Crippen LogP contribution in [0.15, 0.2) is 84.9 Å². The monoisotopic (exact) mass is 506 g/mol. The molecule has 0 aliphatic carbocycles. The molecule has 188 valence electrons. The second-order valence-corrected chi connectivity index (χ2v) is 10.5. The molecule has 1 N–H and O–H groups in total. The lowest BCUT2D eigenvalue weighted by Gasteiger charge is -2.52. The van der Waals surface area contributed by atoms with E-state index in [1.54, 1.807) is 24.3 Å². The van der Waals surface area contributed by atoms with Crippen LogP contribution in [0.25, 0.3) is 0 Å². The number of rotatable bonds is 9. The van der Waals surface area contributed by atoms with E-state index in [0.29, 0.717) is 28.7 Å². The van der Waals surface area contributed by atoms with Gasteiger partial charge in [-0.1, -0.05) is 72.3 Å². The first kappa shape index (κ1) is 24.8. The Bertz CT molecular complexity index is 1110. The van der Waals surface area contributed by atoms with Gasteiger partial charge in [-0.3, -0.25) is 0 Å². The number of nitrogens with zero attached hydrogens (tertiary/aromatic N) is 1. The van der Waals surface area contributed by atoms with E-state index in [2.05, 4.69) is 0 Å². The number of esters is 1. The van der Waals surface area contributed by atoms with Crippen molar-refractivity contribution in [2.75, 3.05) is 32.8 Å². The molecule has 3 aliphatic heterocycles. The minimum Gasteiger partial charge on any atom is -0.493 e. The molecule has 36 heavy (non-hydrogen) atoms. The van der Waals surface area contributed by atoms with Crippen molar-refractivity contribution in [1.29, 1.82) is 0 Å². The van der Waals surface area contributed by atoms with Gasteiger partial charge in [0.1, 0.15) is 12.3 Å². The van der Waals surface area contributed by atoms with E-state index in [9.17, 15) is 9.90 Å². The average molecular weight is 507 g/mol. The van der Waals surface area contributed by atoms with E-state index in [1.165, 1.54) is 0 Å². The van der Waals surface area contributed by atoms with E-state index in [1.807, 2.05) is 60.7 Å². The zero-order chi connectivity index (χ0) is 25.0. The van der Waals surface area contributed by atoms with E-state index in [-0.39, 0.29) is 6.10 Å². The summed E-state index contributed by atoms with van der Waals surface area (Å²) < 4.78 is 13.0. The summed E-state index contributed by atoms with van der Waals surface area (Å²) in [6, 6.07) is 25.6. The largest absolute Gasteiger partial charge is 0.493 e. The molecule has 0 amide bonds. The van der Waals surface area contributed by atoms with Crippen molar-refractivity contribution in [1.82, 2.24) is 0 Å². The summed E-state index contributed by atoms with van der Waals surface area (Å²) in [6.45, 7) is 4.60. The van der Waals surface area contributed by atoms with E-state index in [0.717, 1.165) is 55.7 Å². The predicted molar refractivity (Wildman–Crippen MR) is 140 cm³/mol. The van der Waals surface area contributed by atoms with Crippen LogP contribution in [0.2, 0.25) is 5.02 Å². The number of carbonyl (C=O) groups excluding carboxylic acids is 1. The number of benzene rings is 3. The van der Waals surface area contributed by atoms with Gasteiger partial charge in [-0.25, -0.2) is 4.79 Å². The lowest BCUT2D eigenvalue weighted by molar-refractivity contribution is -0.946. The summed E-state index contributed by atoms with van der Waals surface area (Å²) in [5, 5.41) is 12.5. The number of quaternary nitrogens is 1. The van der Waals surface area contributed by atoms with E-state index < -0.39 is 11.6 Å². The minimum atomic E-state index is -1.84. The summed E-state index contributed by atoms with van der Waals surface area (Å²) in [4.78, 5) is 13.6. The fourth-order valence-corrected chi connectivity index (χ4v) is 5.90. The summed E-state index contributed by atoms with van der Waals surface area (Å²) in [6.07, 6.45) is 2.79. The highest BCUT2D eigenvalue weighted by molar-refractivity contribution is 6.30. The van der Waals surface area contributed by atoms with Crippen LogP contribution in [0.3, 0.4) is 0 Å². The van der Waals surface area contributed by atoms with Gasteiger partial charge in [0.05, 0.1) is 26.2 Å². The first-order valence-electron chi connectivity index (χ1n) is 12.8. The zero-order valence-electron chi connectivity index (χ0n) is 20.4. The van der Waals surface area contributed by atoms with Crippen molar-refractivity contribution in [2.45, 2.75) is 31.0 Å². The van der Waals surface area contributed by atoms with Gasteiger partial charge in [0.25, 0.3) is 0 Å². The molecule has 3 aliphatic rings. The van der Waals surface area contributed by atoms with Gasteiger partial charge in [-0.2, -0.15) is 0 Å². The maximum Gasteiger partial charge on any atom is 0.348 e. The molecule has 5 nitrogen and oxygen atoms in total. The second kappa shape index (κ2) is 10.6. The van der Waals surface area contributed by atoms with Gasteiger partial charge in [0.2, 0.25) is 5.60 Å². The van der Waals surface area contributed by atoms with Crippen LogP contribution in [0.1, 0.15) is 30.4 Å². The normalized spacial score (nSPS) is 23.3. The Labute approximate surface area is 217 Å². The molecule has 3 saturated heterocycles. The van der Waals surface area contributed by atoms with Gasteiger partial charge in [0, 0.05) is 30.2 Å². The highest BCUT2D eigenvalue weighted by atomic mass is 35.5. The maximum absolute atomic E-state index is 13.6. The fraction of sp³-hybridized carbons (Fsp3) is 0.367. The molecule has 3 aromatic rings. The summed E-state index contributed by atoms with van der Waals surface area (Å²) in [5.41, 5.74) is -0.803. The summed E-state index contributed by atoms with van der Waals surface area (Å²) >= 11 is 5.95. The van der Waals surface area contributed by atoms with Gasteiger partial charge in [-0.15, -0.1) is 0 Å². The van der Waals surface area contributed by atoms with Crippen molar-refractivity contribution in [3.63, 3.8) is 0 Å². The van der Waals surface area contributed by atoms with Crippen molar-refractivity contribution in [3.05, 3.63) is 101 Å². The predicted octanol–water partition coefficient (Wildman–Crippen LogP) is 5.20. The first-order valence-corrected chi connectivity index (χ1v) is 13.1. The molecular formula is C30H33ClNO4+. The first-order chi connectivity index (χ1) is 17.5. The molecule has 1 unspecified atom stereocenters. The van der Waals surface area contributed by atoms with Gasteiger partial charge >= 0.3 is 5.97 Å². The van der Waals surface area contributed by atoms with Crippen LogP contribution < -0.4 is 4.74 Å². The molecule has 2 bridgehead atoms. The summed E-state index contributed by atoms with van der Waals surface area (Å²) in [5.74, 6) is 0.572. The van der Waals surface area contributed by atoms with Crippen LogP contribution in [-0.2, 0) is 15.1 Å². The molecule has 0 aromatic heterocycles. The second-order valence-electron chi connectivity index (χ2n) is 10.1. The number of fused-ring (bicyclic) bond motifs is 3. The topological polar surface area (TPSA) is 55.8 Å². The zero-order valence-corrected chi connectivity index (χ0v) is 21.1. The molecule has 3 fully saturated rings. The molecular weight excluding hydrogens is 474 g/mol. The van der Waals surface area contributed by atoms with E-state index in [4.69, 9.17) is 21.1 Å². The number of piperidine rings is 3. The highest BCUT2D eigenvalue weighted by Gasteiger charge is 2.50. The standard InChI is InChI=1S/C30H33ClNO4/c31-26-12-14-27(15-13-26)35-21-7-18-32-19-16-23(17-20-32)28(22-32)36-29(33)30(34,24-8-3-1-4-9-24)25-10-5-2-6-11-25/h1-6,8-15,23,28,34H,7,16-22H2/q+1. The Morgan fingerprint density at radius 1 is 0.917 bits per heavy atom. The van der Waals surface area contributed by atoms with Crippen LogP contribution in [0, 0.1) is 5.92 Å². The minimum absolute atomic E-state index is 0.198. The van der Waals surface area contributed by atoms with Crippen molar-refractivity contribution in [3.8, 4) is 5.75 Å². The number of aliphatic hydroxyl groups is 1. The molecule has 6 heteroatoms. The van der Waals surface area contributed by atoms with Crippen molar-refractivity contribution >= 4 is 17.6 Å². The lowest BCUT2D eigenvalue weighted by atomic mass is 9.82. The van der Waals surface area contributed by atoms with Crippen LogP contribution in [0.4, 0.5) is 0 Å². The van der Waals surface area contributed by atoms with Crippen LogP contribution >= 0.6 is 11.6 Å². The summed E-state index contributed by atoms with van der Waals surface area (Å²) in [7, 11) is 0. The number of hydrogen-bond acceptors (Lipinski definition) is 4. The maximum atomic E-state index is 13.6. The SMILES string of the molecule is O=C(OC1C[N+]2(CCCOc3ccc(Cl)cc3)CCC1CC2)C(O)(c1ccccc1)c1ccccc1. The van der Waals surface area contributed by atoms with Crippen LogP contribution in [-0.4, -0.2) is 54.4 Å². The van der Waals surface area contributed by atoms with Crippen LogP contribution in [0.5, 0.6) is 5.75 Å². The molecule has 3 heterocycles. The third-order valence-corrected chi connectivity index (χ3v) is 8.09. The molecule has 0 saturated carbocycles. The molecule has 3 aromatic carbocycles. The van der Waals surface area contributed by atoms with Crippen molar-refractivity contribution in [2.24, 2.45) is 5.92 Å². The molecule has 0 spiro atoms. The Kier molecular flexibility index (Phi) is 7.33. The van der Waals surface area contributed by atoms with Gasteiger partial charge in [0.15, 0.2) is 6.10 Å². The Morgan fingerprint density at radius 2 is 1.50 bits per heavy atom. The number of ether oxygens (including phenoxy) is 2. The number of hydrogen-bond donors (Lipinski definition) is 1. The third kappa shape index (κ3) is 5.15. The van der Waals surface area contributed by atoms with Crippen molar-refractivity contribution < 1.29 is 23.9 Å². The van der Waals surface area contributed by atoms with E-state index >= 15 is 0 Å². The quantitative estimate of drug-likeness (QED) is 0.246. The number of carbonyl (C=O) groups is 1. The highest BCUT2D eigenvalue weighted by Crippen LogP contribution is 2.38. The fourth-order valence-electron chi connectivity index (χ4n) is 5.77. The molecule has 0 radical (unpaired) electrons. The lowest BCUT2D eigenvalue weighted by Crippen LogP contribution is -2.65. The Hall–Kier alpha value is -2.86. The Morgan fingerprint density at radius 3 is 2.08 bits per heavy atom. The molecule has 1 atom stereocenters. The number of halogens is 1. The van der Waals surface area contributed by atoms with Gasteiger partial charge < -0.3 is 19.1 Å². The Balaban J connectivity index is 1.25. The van der Waals surface area contributed by atoms with Gasteiger partial charge in [-0.05, 0) is 35.4 Å². The smallest absolute Gasteiger partial charge is 0.348 e. The molecule has 6 rings (SSSR count). The third-order valence-electron chi connectivity index (χ3n) is 7.84.